The van der Waals surface area contributed by atoms with Crippen molar-refractivity contribution in [3.63, 3.8) is 0 Å². The van der Waals surface area contributed by atoms with Crippen LogP contribution in [-0.2, 0) is 0 Å². The summed E-state index contributed by atoms with van der Waals surface area (Å²) in [5.74, 6) is 2.94. The Morgan fingerprint density at radius 3 is 2.24 bits per heavy atom. The summed E-state index contributed by atoms with van der Waals surface area (Å²) < 4.78 is 8.10. The van der Waals surface area contributed by atoms with E-state index in [0.717, 1.165) is 71.7 Å². The number of likely N-dealkylation sites (tertiary alicyclic amines) is 3. The summed E-state index contributed by atoms with van der Waals surface area (Å²) in [5.41, 5.74) is 9.03. The summed E-state index contributed by atoms with van der Waals surface area (Å²) in [5, 5.41) is 9.33. The van der Waals surface area contributed by atoms with E-state index < -0.39 is 0 Å². The molecule has 2 aromatic heterocycles. The maximum Gasteiger partial charge on any atom is 0.164 e. The molecule has 8 rings (SSSR count). The van der Waals surface area contributed by atoms with Gasteiger partial charge in [-0.1, -0.05) is 18.2 Å². The molecule has 0 bridgehead atoms. The Labute approximate surface area is 246 Å². The number of anilines is 1. The number of piperidine rings is 1. The molecule has 0 amide bonds. The average molecular weight is 566 g/mol. The van der Waals surface area contributed by atoms with Crippen molar-refractivity contribution in [2.45, 2.75) is 31.0 Å². The summed E-state index contributed by atoms with van der Waals surface area (Å²) in [6, 6.07) is 19.6. The quantitative estimate of drug-likeness (QED) is 0.334. The number of hydrogen-bond acceptors (Lipinski definition) is 9. The lowest BCUT2D eigenvalue weighted by molar-refractivity contribution is -0.0616. The van der Waals surface area contributed by atoms with Crippen LogP contribution >= 0.6 is 0 Å². The SMILES string of the molecule is Nc1ncnc2c1c(-c1ccc(Oc3ccccc3)cc1)nn2C1CCN(C2CN(C3CN(CC4CNC4)C3)C2)CC1. The second-order valence-electron chi connectivity index (χ2n) is 12.5. The Morgan fingerprint density at radius 2 is 1.52 bits per heavy atom. The number of nitrogen functional groups attached to an aromatic ring is 1. The monoisotopic (exact) mass is 565 g/mol. The summed E-state index contributed by atoms with van der Waals surface area (Å²) in [6.45, 7) is 10.8. The molecule has 4 aromatic rings. The second-order valence-corrected chi connectivity index (χ2v) is 12.5. The lowest BCUT2D eigenvalue weighted by Crippen LogP contribution is -2.70. The van der Waals surface area contributed by atoms with Crippen LogP contribution in [0.4, 0.5) is 5.82 Å². The Kier molecular flexibility index (Phi) is 6.79. The number of benzene rings is 2. The van der Waals surface area contributed by atoms with E-state index in [1.165, 1.54) is 45.8 Å². The standard InChI is InChI=1S/C32H39N9O/c33-31-29-30(23-6-8-28(9-7-23)42-27-4-2-1-3-5-27)37-41(32(29)36-21-35-31)24-10-12-39(13-11-24)26-19-40(20-26)25-17-38(18-25)16-22-14-34-15-22/h1-9,21-22,24-26,34H,10-20H2,(H2,33,35,36). The summed E-state index contributed by atoms with van der Waals surface area (Å²) in [7, 11) is 0. The molecule has 0 unspecified atom stereocenters. The summed E-state index contributed by atoms with van der Waals surface area (Å²) in [4.78, 5) is 17.0. The van der Waals surface area contributed by atoms with Gasteiger partial charge >= 0.3 is 0 Å². The lowest BCUT2D eigenvalue weighted by atomic mass is 9.94. The predicted octanol–water partition coefficient (Wildman–Crippen LogP) is 3.09. The van der Waals surface area contributed by atoms with Gasteiger partial charge in [0.25, 0.3) is 0 Å². The van der Waals surface area contributed by atoms with Crippen LogP contribution in [-0.4, -0.2) is 105 Å². The van der Waals surface area contributed by atoms with Crippen molar-refractivity contribution in [2.24, 2.45) is 5.92 Å². The van der Waals surface area contributed by atoms with Gasteiger partial charge in [-0.2, -0.15) is 5.10 Å². The third kappa shape index (κ3) is 4.92. The molecule has 4 aliphatic heterocycles. The topological polar surface area (TPSA) is 101 Å². The zero-order chi connectivity index (χ0) is 28.0. The van der Waals surface area contributed by atoms with Gasteiger partial charge in [-0.15, -0.1) is 0 Å². The number of para-hydroxylation sites is 1. The molecule has 218 valence electrons. The van der Waals surface area contributed by atoms with Crippen molar-refractivity contribution >= 4 is 16.9 Å². The molecule has 3 N–H and O–H groups in total. The fourth-order valence-electron chi connectivity index (χ4n) is 7.04. The first-order valence-corrected chi connectivity index (χ1v) is 15.4. The number of fused-ring (bicyclic) bond motifs is 1. The summed E-state index contributed by atoms with van der Waals surface area (Å²) >= 11 is 0. The van der Waals surface area contributed by atoms with E-state index in [9.17, 15) is 0 Å². The molecule has 0 atom stereocenters. The largest absolute Gasteiger partial charge is 0.457 e. The molecule has 0 saturated carbocycles. The first-order valence-electron chi connectivity index (χ1n) is 15.4. The summed E-state index contributed by atoms with van der Waals surface area (Å²) in [6.07, 6.45) is 3.68. The van der Waals surface area contributed by atoms with E-state index in [4.69, 9.17) is 15.6 Å². The van der Waals surface area contributed by atoms with E-state index >= 15 is 0 Å². The first-order chi connectivity index (χ1) is 20.7. The molecule has 4 saturated heterocycles. The lowest BCUT2D eigenvalue weighted by Gasteiger charge is -2.55. The van der Waals surface area contributed by atoms with Crippen LogP contribution in [0, 0.1) is 5.92 Å². The van der Waals surface area contributed by atoms with Crippen LogP contribution in [0.2, 0.25) is 0 Å². The third-order valence-electron chi connectivity index (χ3n) is 9.71. The number of nitrogens with two attached hydrogens (primary N) is 1. The molecular formula is C32H39N9O. The van der Waals surface area contributed by atoms with E-state index in [1.807, 2.05) is 54.6 Å². The first kappa shape index (κ1) is 26.1. The Bertz CT molecular complexity index is 1520. The van der Waals surface area contributed by atoms with Gasteiger partial charge in [0, 0.05) is 76.5 Å². The molecule has 10 nitrogen and oxygen atoms in total. The molecule has 0 aliphatic carbocycles. The number of ether oxygens (including phenoxy) is 1. The molecule has 10 heteroatoms. The zero-order valence-electron chi connectivity index (χ0n) is 24.0. The van der Waals surface area contributed by atoms with E-state index in [2.05, 4.69) is 34.7 Å². The Morgan fingerprint density at radius 1 is 0.810 bits per heavy atom. The Hall–Kier alpha value is -3.57. The van der Waals surface area contributed by atoms with Crippen molar-refractivity contribution in [2.75, 3.05) is 64.6 Å². The second kappa shape index (κ2) is 10.9. The number of hydrogen-bond donors (Lipinski definition) is 2. The van der Waals surface area contributed by atoms with Gasteiger partial charge in [0.05, 0.1) is 11.4 Å². The van der Waals surface area contributed by atoms with Crippen LogP contribution in [0.1, 0.15) is 18.9 Å². The highest BCUT2D eigenvalue weighted by atomic mass is 16.5. The molecule has 42 heavy (non-hydrogen) atoms. The molecule has 6 heterocycles. The van der Waals surface area contributed by atoms with Crippen LogP contribution in [0.25, 0.3) is 22.3 Å². The smallest absolute Gasteiger partial charge is 0.164 e. The highest BCUT2D eigenvalue weighted by Gasteiger charge is 2.42. The van der Waals surface area contributed by atoms with Crippen molar-refractivity contribution < 1.29 is 4.74 Å². The predicted molar refractivity (Wildman–Crippen MR) is 163 cm³/mol. The molecule has 4 fully saturated rings. The molecule has 0 radical (unpaired) electrons. The minimum Gasteiger partial charge on any atom is -0.457 e. The fraction of sp³-hybridized carbons (Fsp3) is 0.469. The van der Waals surface area contributed by atoms with Crippen molar-refractivity contribution in [3.8, 4) is 22.8 Å². The van der Waals surface area contributed by atoms with Crippen LogP contribution in [0.15, 0.2) is 60.9 Å². The Balaban J connectivity index is 0.909. The molecule has 4 aliphatic rings. The normalized spacial score (nSPS) is 21.7. The minimum atomic E-state index is 0.296. The highest BCUT2D eigenvalue weighted by Crippen LogP contribution is 2.36. The van der Waals surface area contributed by atoms with Crippen LogP contribution in [0.5, 0.6) is 11.5 Å². The van der Waals surface area contributed by atoms with E-state index in [0.29, 0.717) is 17.9 Å². The third-order valence-corrected chi connectivity index (χ3v) is 9.71. The highest BCUT2D eigenvalue weighted by molar-refractivity contribution is 5.98. The van der Waals surface area contributed by atoms with Gasteiger partial charge in [-0.3, -0.25) is 14.7 Å². The average Bonchev–Trinajstić information content (AvgIpc) is 3.34. The van der Waals surface area contributed by atoms with Gasteiger partial charge in [-0.05, 0) is 55.2 Å². The molecule has 0 spiro atoms. The van der Waals surface area contributed by atoms with Gasteiger partial charge in [0.15, 0.2) is 5.65 Å². The maximum atomic E-state index is 6.40. The number of rotatable bonds is 8. The molecular weight excluding hydrogens is 526 g/mol. The number of nitrogens with one attached hydrogen (secondary N) is 1. The fourth-order valence-corrected chi connectivity index (χ4v) is 7.04. The van der Waals surface area contributed by atoms with E-state index in [-0.39, 0.29) is 0 Å². The van der Waals surface area contributed by atoms with Crippen LogP contribution in [0.3, 0.4) is 0 Å². The van der Waals surface area contributed by atoms with Gasteiger partial charge in [0.1, 0.15) is 29.3 Å². The maximum absolute atomic E-state index is 6.40. The zero-order valence-corrected chi connectivity index (χ0v) is 24.0. The van der Waals surface area contributed by atoms with Gasteiger partial charge < -0.3 is 15.8 Å². The van der Waals surface area contributed by atoms with Crippen molar-refractivity contribution in [1.29, 1.82) is 0 Å². The van der Waals surface area contributed by atoms with Crippen molar-refractivity contribution in [1.82, 2.24) is 39.8 Å². The minimum absolute atomic E-state index is 0.296. The number of aromatic nitrogens is 4. The van der Waals surface area contributed by atoms with Gasteiger partial charge in [-0.25, -0.2) is 14.6 Å². The molecule has 2 aromatic carbocycles. The number of nitrogens with zero attached hydrogens (tertiary/aromatic N) is 7. The van der Waals surface area contributed by atoms with Crippen LogP contribution < -0.4 is 15.8 Å². The van der Waals surface area contributed by atoms with E-state index in [1.54, 1.807) is 6.33 Å². The van der Waals surface area contributed by atoms with Crippen molar-refractivity contribution in [3.05, 3.63) is 60.9 Å². The van der Waals surface area contributed by atoms with Gasteiger partial charge in [0.2, 0.25) is 0 Å².